The molecule has 17 heavy (non-hydrogen) atoms. The highest BCUT2D eigenvalue weighted by atomic mass is 32.3. The zero-order valence-corrected chi connectivity index (χ0v) is 9.89. The Morgan fingerprint density at radius 3 is 1.82 bits per heavy atom. The van der Waals surface area contributed by atoms with E-state index in [4.69, 9.17) is 4.55 Å². The standard InChI is InChI=1S/C7H11NO8S/c1-3-14-6(9)5(7(10)15-4-2)8-16-17(11,12)13/h3-4H2,1-2H3,(H,11,12,13). The average Bonchev–Trinajstić information content (AvgIpc) is 2.16. The van der Waals surface area contributed by atoms with Gasteiger partial charge < -0.3 is 9.47 Å². The number of ether oxygens (including phenoxy) is 2. The van der Waals surface area contributed by atoms with Crippen LogP contribution in [0, 0.1) is 0 Å². The van der Waals surface area contributed by atoms with Crippen molar-refractivity contribution in [2.45, 2.75) is 13.8 Å². The lowest BCUT2D eigenvalue weighted by atomic mass is 10.4. The molecule has 0 saturated carbocycles. The van der Waals surface area contributed by atoms with Crippen molar-refractivity contribution >= 4 is 28.0 Å². The summed E-state index contributed by atoms with van der Waals surface area (Å²) >= 11 is 0. The number of hydrogen-bond acceptors (Lipinski definition) is 8. The maximum atomic E-state index is 11.2. The molecule has 0 saturated heterocycles. The molecule has 0 spiro atoms. The number of hydrogen-bond donors (Lipinski definition) is 1. The Bertz CT molecular complexity index is 392. The van der Waals surface area contributed by atoms with Crippen LogP contribution in [0.2, 0.25) is 0 Å². The number of rotatable bonds is 6. The van der Waals surface area contributed by atoms with Crippen molar-refractivity contribution in [3.05, 3.63) is 0 Å². The first-order chi connectivity index (χ1) is 7.81. The molecular weight excluding hydrogens is 258 g/mol. The van der Waals surface area contributed by atoms with E-state index in [2.05, 4.69) is 18.9 Å². The van der Waals surface area contributed by atoms with Crippen LogP contribution < -0.4 is 0 Å². The van der Waals surface area contributed by atoms with Gasteiger partial charge in [-0.1, -0.05) is 0 Å². The van der Waals surface area contributed by atoms with E-state index >= 15 is 0 Å². The Labute approximate surface area is 97.3 Å². The van der Waals surface area contributed by atoms with Crippen molar-refractivity contribution in [2.24, 2.45) is 5.16 Å². The van der Waals surface area contributed by atoms with Crippen molar-refractivity contribution in [1.29, 1.82) is 0 Å². The van der Waals surface area contributed by atoms with E-state index in [1.165, 1.54) is 13.8 Å². The molecule has 0 rings (SSSR count). The average molecular weight is 269 g/mol. The predicted octanol–water partition coefficient (Wildman–Crippen LogP) is -0.712. The topological polar surface area (TPSA) is 129 Å². The molecular formula is C7H11NO8S. The molecule has 10 heteroatoms. The van der Waals surface area contributed by atoms with Crippen molar-refractivity contribution in [3.8, 4) is 0 Å². The summed E-state index contributed by atoms with van der Waals surface area (Å²) in [5.74, 6) is -2.45. The molecule has 0 aromatic carbocycles. The van der Waals surface area contributed by atoms with Gasteiger partial charge in [-0.2, -0.15) is 8.42 Å². The van der Waals surface area contributed by atoms with Gasteiger partial charge in [-0.05, 0) is 19.0 Å². The highest BCUT2D eigenvalue weighted by Gasteiger charge is 2.25. The summed E-state index contributed by atoms with van der Waals surface area (Å²) in [6.07, 6.45) is 0. The molecule has 0 amide bonds. The van der Waals surface area contributed by atoms with Gasteiger partial charge in [0, 0.05) is 0 Å². The molecule has 0 unspecified atom stereocenters. The third-order valence-corrected chi connectivity index (χ3v) is 1.42. The fraction of sp³-hybridized carbons (Fsp3) is 0.571. The molecule has 0 heterocycles. The second-order valence-electron chi connectivity index (χ2n) is 2.38. The van der Waals surface area contributed by atoms with Gasteiger partial charge in [0.1, 0.15) is 0 Å². The first-order valence-electron chi connectivity index (χ1n) is 4.40. The Morgan fingerprint density at radius 2 is 1.53 bits per heavy atom. The minimum atomic E-state index is -4.92. The van der Waals surface area contributed by atoms with E-state index in [1.54, 1.807) is 0 Å². The molecule has 0 aliphatic heterocycles. The van der Waals surface area contributed by atoms with Crippen LogP contribution in [0.4, 0.5) is 0 Å². The summed E-state index contributed by atoms with van der Waals surface area (Å²) in [6, 6.07) is 0. The first-order valence-corrected chi connectivity index (χ1v) is 5.76. The van der Waals surface area contributed by atoms with Crippen molar-refractivity contribution in [1.82, 2.24) is 0 Å². The van der Waals surface area contributed by atoms with Gasteiger partial charge in [0.05, 0.1) is 13.2 Å². The van der Waals surface area contributed by atoms with Gasteiger partial charge >= 0.3 is 22.3 Å². The summed E-state index contributed by atoms with van der Waals surface area (Å²) in [7, 11) is -4.92. The normalized spacial score (nSPS) is 10.3. The molecule has 0 aromatic rings. The van der Waals surface area contributed by atoms with Crippen LogP contribution in [0.3, 0.4) is 0 Å². The molecule has 0 bridgehead atoms. The minimum Gasteiger partial charge on any atom is -0.461 e. The second kappa shape index (κ2) is 6.81. The number of carbonyl (C=O) groups excluding carboxylic acids is 2. The zero-order chi connectivity index (χ0) is 13.5. The number of carbonyl (C=O) groups is 2. The van der Waals surface area contributed by atoms with Crippen LogP contribution in [0.5, 0.6) is 0 Å². The molecule has 1 N–H and O–H groups in total. The monoisotopic (exact) mass is 269 g/mol. The molecule has 0 fully saturated rings. The Kier molecular flexibility index (Phi) is 6.13. The molecule has 0 atom stereocenters. The van der Waals surface area contributed by atoms with E-state index < -0.39 is 28.0 Å². The largest absolute Gasteiger partial charge is 0.466 e. The van der Waals surface area contributed by atoms with Crippen LogP contribution in [0.1, 0.15) is 13.8 Å². The van der Waals surface area contributed by atoms with Gasteiger partial charge in [-0.15, -0.1) is 0 Å². The van der Waals surface area contributed by atoms with Crippen molar-refractivity contribution < 1.29 is 36.3 Å². The fourth-order valence-corrected chi connectivity index (χ4v) is 0.810. The summed E-state index contributed by atoms with van der Waals surface area (Å²) in [5, 5.41) is 2.66. The van der Waals surface area contributed by atoms with Gasteiger partial charge in [-0.25, -0.2) is 13.9 Å². The highest BCUT2D eigenvalue weighted by molar-refractivity contribution is 7.80. The SMILES string of the molecule is CCOC(=O)C(=NOS(=O)(=O)O)C(=O)OCC. The molecule has 0 aromatic heterocycles. The predicted molar refractivity (Wildman–Crippen MR) is 53.3 cm³/mol. The summed E-state index contributed by atoms with van der Waals surface area (Å²) < 4.78 is 41.0. The van der Waals surface area contributed by atoms with Crippen LogP contribution in [0.25, 0.3) is 0 Å². The first kappa shape index (κ1) is 15.3. The zero-order valence-electron chi connectivity index (χ0n) is 9.07. The minimum absolute atomic E-state index is 0.0663. The van der Waals surface area contributed by atoms with Crippen molar-refractivity contribution in [2.75, 3.05) is 13.2 Å². The highest BCUT2D eigenvalue weighted by Crippen LogP contribution is 1.95. The third kappa shape index (κ3) is 6.48. The maximum absolute atomic E-state index is 11.2. The molecule has 0 aliphatic carbocycles. The van der Waals surface area contributed by atoms with Gasteiger partial charge in [0.2, 0.25) is 0 Å². The van der Waals surface area contributed by atoms with Gasteiger partial charge in [0.15, 0.2) is 0 Å². The smallest absolute Gasteiger partial charge is 0.461 e. The lowest BCUT2D eigenvalue weighted by Gasteiger charge is -2.04. The van der Waals surface area contributed by atoms with Crippen LogP contribution in [-0.2, 0) is 33.7 Å². The van der Waals surface area contributed by atoms with Gasteiger partial charge in [-0.3, -0.25) is 4.55 Å². The lowest BCUT2D eigenvalue weighted by Crippen LogP contribution is -2.29. The number of esters is 2. The van der Waals surface area contributed by atoms with E-state index in [0.29, 0.717) is 0 Å². The Morgan fingerprint density at radius 1 is 1.12 bits per heavy atom. The number of nitrogens with zero attached hydrogens (tertiary/aromatic N) is 1. The Hall–Kier alpha value is -1.68. The van der Waals surface area contributed by atoms with E-state index in [9.17, 15) is 18.0 Å². The molecule has 0 aliphatic rings. The fourth-order valence-electron chi connectivity index (χ4n) is 0.641. The quantitative estimate of drug-likeness (QED) is 0.220. The summed E-state index contributed by atoms with van der Waals surface area (Å²) in [6.45, 7) is 2.79. The number of oxime groups is 1. The molecule has 0 radical (unpaired) electrons. The second-order valence-corrected chi connectivity index (χ2v) is 3.39. The van der Waals surface area contributed by atoms with E-state index in [-0.39, 0.29) is 13.2 Å². The van der Waals surface area contributed by atoms with Gasteiger partial charge in [0.25, 0.3) is 5.71 Å². The van der Waals surface area contributed by atoms with Crippen LogP contribution >= 0.6 is 0 Å². The Balaban J connectivity index is 4.97. The summed E-state index contributed by atoms with van der Waals surface area (Å²) in [5.41, 5.74) is -1.02. The summed E-state index contributed by atoms with van der Waals surface area (Å²) in [4.78, 5) is 22.3. The third-order valence-electron chi connectivity index (χ3n) is 1.16. The van der Waals surface area contributed by atoms with Crippen molar-refractivity contribution in [3.63, 3.8) is 0 Å². The molecule has 9 nitrogen and oxygen atoms in total. The maximum Gasteiger partial charge on any atom is 0.466 e. The van der Waals surface area contributed by atoms with Crippen LogP contribution in [-0.4, -0.2) is 43.8 Å². The lowest BCUT2D eigenvalue weighted by molar-refractivity contribution is -0.140. The molecule has 98 valence electrons. The van der Waals surface area contributed by atoms with Crippen LogP contribution in [0.15, 0.2) is 5.16 Å². The van der Waals surface area contributed by atoms with E-state index in [0.717, 1.165) is 0 Å². The van der Waals surface area contributed by atoms with E-state index in [1.807, 2.05) is 0 Å².